The van der Waals surface area contributed by atoms with Crippen molar-refractivity contribution < 1.29 is 23.8 Å². The standard InChI is InChI=1S/C25H25N3O5/c1-15-5-7-19(11-16(15)2)31-9-10-32-21-8-6-18(14-22(21)30-4)13-20-24(26)28-23(27-25(20)29)12-17(3)33-28/h5-8,11-14,26H,9-10H2,1-4H3/b20-13-,26-24?. The molecule has 170 valence electrons. The minimum Gasteiger partial charge on any atom is -0.493 e. The molecular formula is C25H25N3O5. The molecule has 2 aliphatic heterocycles. The van der Waals surface area contributed by atoms with Gasteiger partial charge in [0, 0.05) is 6.08 Å². The SMILES string of the molecule is COc1cc(/C=C2/C(=N)N3OC(C)=CC3=NC2=O)ccc1OCCOc1ccc(C)c(C)c1. The zero-order chi connectivity index (χ0) is 23.5. The summed E-state index contributed by atoms with van der Waals surface area (Å²) in [7, 11) is 1.54. The molecule has 0 aromatic heterocycles. The highest BCUT2D eigenvalue weighted by Gasteiger charge is 2.34. The Bertz CT molecular complexity index is 1210. The number of hydroxylamine groups is 2. The van der Waals surface area contributed by atoms with Crippen LogP contribution in [0.15, 0.2) is 58.8 Å². The van der Waals surface area contributed by atoms with Gasteiger partial charge in [-0.25, -0.2) is 0 Å². The molecule has 1 N–H and O–H groups in total. The van der Waals surface area contributed by atoms with Crippen molar-refractivity contribution in [1.82, 2.24) is 5.06 Å². The van der Waals surface area contributed by atoms with Gasteiger partial charge in [-0.2, -0.15) is 4.99 Å². The first-order valence-corrected chi connectivity index (χ1v) is 10.5. The third kappa shape index (κ3) is 4.74. The lowest BCUT2D eigenvalue weighted by atomic mass is 10.1. The van der Waals surface area contributed by atoms with E-state index in [1.165, 1.54) is 16.2 Å². The van der Waals surface area contributed by atoms with Crippen LogP contribution in [0.25, 0.3) is 6.08 Å². The van der Waals surface area contributed by atoms with E-state index >= 15 is 0 Å². The van der Waals surface area contributed by atoms with Crippen LogP contribution >= 0.6 is 0 Å². The molecule has 0 saturated carbocycles. The lowest BCUT2D eigenvalue weighted by Crippen LogP contribution is -2.38. The third-order valence-electron chi connectivity index (χ3n) is 5.27. The summed E-state index contributed by atoms with van der Waals surface area (Å²) in [5.41, 5.74) is 3.19. The molecule has 4 rings (SSSR count). The van der Waals surface area contributed by atoms with Crippen LogP contribution < -0.4 is 14.2 Å². The zero-order valence-corrected chi connectivity index (χ0v) is 19.0. The number of rotatable bonds is 7. The Balaban J connectivity index is 1.42. The number of allylic oxidation sites excluding steroid dienone is 1. The van der Waals surface area contributed by atoms with Crippen LogP contribution in [0.3, 0.4) is 0 Å². The summed E-state index contributed by atoms with van der Waals surface area (Å²) in [6, 6.07) is 11.2. The fourth-order valence-corrected chi connectivity index (χ4v) is 3.38. The maximum Gasteiger partial charge on any atom is 0.282 e. The molecule has 2 aromatic rings. The van der Waals surface area contributed by atoms with Gasteiger partial charge in [0.25, 0.3) is 5.91 Å². The summed E-state index contributed by atoms with van der Waals surface area (Å²) in [6.07, 6.45) is 3.19. The summed E-state index contributed by atoms with van der Waals surface area (Å²) < 4.78 is 17.0. The van der Waals surface area contributed by atoms with Crippen molar-refractivity contribution in [3.05, 3.63) is 70.5 Å². The molecule has 0 aliphatic carbocycles. The van der Waals surface area contributed by atoms with E-state index in [9.17, 15) is 4.79 Å². The monoisotopic (exact) mass is 447 g/mol. The Morgan fingerprint density at radius 1 is 1.03 bits per heavy atom. The van der Waals surface area contributed by atoms with Gasteiger partial charge in [-0.1, -0.05) is 12.1 Å². The predicted octanol–water partition coefficient (Wildman–Crippen LogP) is 4.22. The fourth-order valence-electron chi connectivity index (χ4n) is 3.38. The molecule has 2 aliphatic rings. The van der Waals surface area contributed by atoms with E-state index in [4.69, 9.17) is 24.5 Å². The number of carbonyl (C=O) groups excluding carboxylic acids is 1. The van der Waals surface area contributed by atoms with Crippen molar-refractivity contribution >= 4 is 23.7 Å². The molecular weight excluding hydrogens is 422 g/mol. The van der Waals surface area contributed by atoms with Crippen molar-refractivity contribution in [2.45, 2.75) is 20.8 Å². The number of amidine groups is 2. The lowest BCUT2D eigenvalue weighted by molar-refractivity contribution is -0.114. The number of aryl methyl sites for hydroxylation is 2. The average molecular weight is 447 g/mol. The number of hydrogen-bond donors (Lipinski definition) is 1. The van der Waals surface area contributed by atoms with E-state index in [0.29, 0.717) is 41.9 Å². The smallest absolute Gasteiger partial charge is 0.282 e. The molecule has 8 nitrogen and oxygen atoms in total. The van der Waals surface area contributed by atoms with Crippen molar-refractivity contribution in [3.63, 3.8) is 0 Å². The van der Waals surface area contributed by atoms with E-state index in [-0.39, 0.29) is 11.4 Å². The van der Waals surface area contributed by atoms with Gasteiger partial charge in [-0.15, -0.1) is 5.06 Å². The summed E-state index contributed by atoms with van der Waals surface area (Å²) in [4.78, 5) is 21.9. The van der Waals surface area contributed by atoms with E-state index in [2.05, 4.69) is 11.9 Å². The zero-order valence-electron chi connectivity index (χ0n) is 19.0. The Labute approximate surface area is 192 Å². The maximum absolute atomic E-state index is 12.4. The fraction of sp³-hybridized carbons (Fsp3) is 0.240. The van der Waals surface area contributed by atoms with Crippen LogP contribution in [-0.4, -0.2) is 43.0 Å². The quantitative estimate of drug-likeness (QED) is 0.505. The number of hydrogen-bond acceptors (Lipinski definition) is 6. The molecule has 0 unspecified atom stereocenters. The second kappa shape index (κ2) is 9.20. The summed E-state index contributed by atoms with van der Waals surface area (Å²) in [6.45, 7) is 6.56. The maximum atomic E-state index is 12.4. The number of carbonyl (C=O) groups is 1. The predicted molar refractivity (Wildman–Crippen MR) is 125 cm³/mol. The summed E-state index contributed by atoms with van der Waals surface area (Å²) in [5, 5.41) is 9.55. The van der Waals surface area contributed by atoms with Gasteiger partial charge in [-0.05, 0) is 67.8 Å². The van der Waals surface area contributed by atoms with E-state index in [1.54, 1.807) is 44.4 Å². The van der Waals surface area contributed by atoms with Gasteiger partial charge in [0.05, 0.1) is 12.7 Å². The molecule has 0 fully saturated rings. The van der Waals surface area contributed by atoms with Crippen LogP contribution in [-0.2, 0) is 9.63 Å². The highest BCUT2D eigenvalue weighted by atomic mass is 16.7. The molecule has 0 saturated heterocycles. The topological polar surface area (TPSA) is 93.4 Å². The molecule has 2 aromatic carbocycles. The minimum atomic E-state index is -0.497. The van der Waals surface area contributed by atoms with Crippen molar-refractivity contribution in [3.8, 4) is 17.2 Å². The van der Waals surface area contributed by atoms with E-state index in [0.717, 1.165) is 5.75 Å². The normalized spacial score (nSPS) is 16.2. The molecule has 0 atom stereocenters. The van der Waals surface area contributed by atoms with Crippen molar-refractivity contribution in [2.24, 2.45) is 4.99 Å². The first kappa shape index (κ1) is 22.1. The van der Waals surface area contributed by atoms with Gasteiger partial charge >= 0.3 is 0 Å². The molecule has 2 heterocycles. The summed E-state index contributed by atoms with van der Waals surface area (Å²) in [5.74, 6) is 2.17. The molecule has 1 amide bonds. The number of nitrogens with zero attached hydrogens (tertiary/aromatic N) is 2. The Hall–Kier alpha value is -4.07. The molecule has 0 radical (unpaired) electrons. The number of nitrogens with one attached hydrogen (secondary N) is 1. The second-order valence-electron chi connectivity index (χ2n) is 7.68. The number of amides is 1. The van der Waals surface area contributed by atoms with Crippen LogP contribution in [0.2, 0.25) is 0 Å². The molecule has 0 bridgehead atoms. The van der Waals surface area contributed by atoms with Gasteiger partial charge in [0.2, 0.25) is 0 Å². The lowest BCUT2D eigenvalue weighted by Gasteiger charge is -2.23. The third-order valence-corrected chi connectivity index (χ3v) is 5.27. The highest BCUT2D eigenvalue weighted by Crippen LogP contribution is 2.30. The Morgan fingerprint density at radius 3 is 2.58 bits per heavy atom. The average Bonchev–Trinajstić information content (AvgIpc) is 3.17. The van der Waals surface area contributed by atoms with Gasteiger partial charge in [0.1, 0.15) is 24.7 Å². The summed E-state index contributed by atoms with van der Waals surface area (Å²) >= 11 is 0. The van der Waals surface area contributed by atoms with Crippen LogP contribution in [0.1, 0.15) is 23.6 Å². The highest BCUT2D eigenvalue weighted by molar-refractivity contribution is 6.32. The number of benzene rings is 2. The Kier molecular flexibility index (Phi) is 6.17. The second-order valence-corrected chi connectivity index (χ2v) is 7.68. The van der Waals surface area contributed by atoms with Crippen molar-refractivity contribution in [2.75, 3.05) is 20.3 Å². The number of aliphatic imine (C=N–C) groups is 1. The first-order chi connectivity index (χ1) is 15.9. The minimum absolute atomic E-state index is 0.0686. The Morgan fingerprint density at radius 2 is 1.82 bits per heavy atom. The van der Waals surface area contributed by atoms with Crippen LogP contribution in [0.5, 0.6) is 17.2 Å². The van der Waals surface area contributed by atoms with Crippen molar-refractivity contribution in [1.29, 1.82) is 5.41 Å². The van der Waals surface area contributed by atoms with E-state index < -0.39 is 5.91 Å². The first-order valence-electron chi connectivity index (χ1n) is 10.5. The van der Waals surface area contributed by atoms with Gasteiger partial charge in [0.15, 0.2) is 23.2 Å². The van der Waals surface area contributed by atoms with Gasteiger partial charge < -0.3 is 19.0 Å². The number of fused-ring (bicyclic) bond motifs is 1. The number of methoxy groups -OCH3 is 1. The van der Waals surface area contributed by atoms with Crippen LogP contribution in [0, 0.1) is 19.3 Å². The van der Waals surface area contributed by atoms with E-state index in [1.807, 2.05) is 25.1 Å². The largest absolute Gasteiger partial charge is 0.493 e. The number of ether oxygens (including phenoxy) is 3. The van der Waals surface area contributed by atoms with Gasteiger partial charge in [-0.3, -0.25) is 10.2 Å². The molecule has 8 heteroatoms. The molecule has 33 heavy (non-hydrogen) atoms. The van der Waals surface area contributed by atoms with Crippen LogP contribution in [0.4, 0.5) is 0 Å². The molecule has 0 spiro atoms.